The second-order valence-electron chi connectivity index (χ2n) is 7.45. The van der Waals surface area contributed by atoms with Crippen LogP contribution in [0.15, 0.2) is 29.2 Å². The predicted octanol–water partition coefficient (Wildman–Crippen LogP) is 2.06. The van der Waals surface area contributed by atoms with E-state index in [-0.39, 0.29) is 36.3 Å². The summed E-state index contributed by atoms with van der Waals surface area (Å²) in [5.41, 5.74) is -1.32. The van der Waals surface area contributed by atoms with Gasteiger partial charge in [-0.15, -0.1) is 0 Å². The smallest absolute Gasteiger partial charge is 0.277 e. The number of ketones is 1. The molecule has 0 saturated carbocycles. The van der Waals surface area contributed by atoms with E-state index in [9.17, 15) is 28.3 Å². The fraction of sp³-hybridized carbons (Fsp3) is 0.409. The van der Waals surface area contributed by atoms with Crippen LogP contribution in [0.25, 0.3) is 0 Å². The Kier molecular flexibility index (Phi) is 7.24. The maximum absolute atomic E-state index is 13.8. The van der Waals surface area contributed by atoms with E-state index in [1.165, 1.54) is 21.8 Å². The van der Waals surface area contributed by atoms with Crippen LogP contribution in [0.2, 0.25) is 0 Å². The molecular formula is C22H25F2N3O5. The largest absolute Gasteiger partial charge is 0.502 e. The number of benzene rings is 1. The zero-order valence-corrected chi connectivity index (χ0v) is 17.9. The van der Waals surface area contributed by atoms with Gasteiger partial charge in [-0.05, 0) is 31.4 Å². The molecule has 0 radical (unpaired) electrons. The van der Waals surface area contributed by atoms with Gasteiger partial charge in [-0.3, -0.25) is 24.1 Å². The number of aromatic nitrogens is 1. The molecule has 0 fully saturated rings. The second kappa shape index (κ2) is 9.90. The standard InChI is InChI=1S/C22H25F2N3O5/c1-3-26-13-25(9-4-10-32-2)22(31)19-21(30)20(29)16(12-27(19)26)18(28)8-6-14-5-7-15(23)11-17(14)24/h5,7,11-12,30H,3-4,6,8-10,13H2,1-2H3. The van der Waals surface area contributed by atoms with Crippen LogP contribution in [0, 0.1) is 11.6 Å². The molecule has 8 nitrogen and oxygen atoms in total. The van der Waals surface area contributed by atoms with Crippen molar-refractivity contribution in [1.82, 2.24) is 9.58 Å². The minimum atomic E-state index is -0.955. The monoisotopic (exact) mass is 449 g/mol. The summed E-state index contributed by atoms with van der Waals surface area (Å²) in [7, 11) is 1.56. The lowest BCUT2D eigenvalue weighted by Gasteiger charge is -2.39. The molecule has 0 unspecified atom stereocenters. The number of pyridine rings is 1. The van der Waals surface area contributed by atoms with Crippen molar-refractivity contribution in [2.45, 2.75) is 26.2 Å². The molecule has 32 heavy (non-hydrogen) atoms. The first-order chi connectivity index (χ1) is 15.3. The highest BCUT2D eigenvalue weighted by molar-refractivity contribution is 6.00. The fourth-order valence-electron chi connectivity index (χ4n) is 3.62. The normalized spacial score (nSPS) is 13.4. The van der Waals surface area contributed by atoms with Gasteiger partial charge in [-0.25, -0.2) is 8.78 Å². The van der Waals surface area contributed by atoms with E-state index in [2.05, 4.69) is 0 Å². The Morgan fingerprint density at radius 2 is 2.00 bits per heavy atom. The van der Waals surface area contributed by atoms with Gasteiger partial charge in [0, 0.05) is 45.5 Å². The molecule has 172 valence electrons. The van der Waals surface area contributed by atoms with Crippen LogP contribution in [-0.4, -0.2) is 59.8 Å². The van der Waals surface area contributed by atoms with E-state index in [0.29, 0.717) is 26.1 Å². The summed E-state index contributed by atoms with van der Waals surface area (Å²) in [6.45, 7) is 3.32. The van der Waals surface area contributed by atoms with Crippen LogP contribution in [-0.2, 0) is 11.2 Å². The Morgan fingerprint density at radius 1 is 1.25 bits per heavy atom. The van der Waals surface area contributed by atoms with E-state index in [0.717, 1.165) is 12.1 Å². The lowest BCUT2D eigenvalue weighted by atomic mass is 10.0. The minimum absolute atomic E-state index is 0.0450. The predicted molar refractivity (Wildman–Crippen MR) is 113 cm³/mol. The maximum Gasteiger partial charge on any atom is 0.277 e. The molecular weight excluding hydrogens is 424 g/mol. The Hall–Kier alpha value is -3.27. The van der Waals surface area contributed by atoms with Gasteiger partial charge >= 0.3 is 0 Å². The summed E-state index contributed by atoms with van der Waals surface area (Å²) in [5.74, 6) is -3.44. The molecule has 0 saturated heterocycles. The van der Waals surface area contributed by atoms with Gasteiger partial charge in [0.25, 0.3) is 5.91 Å². The van der Waals surface area contributed by atoms with E-state index in [1.807, 2.05) is 6.92 Å². The number of methoxy groups -OCH3 is 1. The third kappa shape index (κ3) is 4.64. The lowest BCUT2D eigenvalue weighted by molar-refractivity contribution is 0.0667. The molecule has 0 atom stereocenters. The number of hydrogen-bond acceptors (Lipinski definition) is 6. The summed E-state index contributed by atoms with van der Waals surface area (Å²) < 4.78 is 33.2. The number of nitrogens with zero attached hydrogens (tertiary/aromatic N) is 3. The molecule has 0 aliphatic carbocycles. The Labute approximate surface area is 183 Å². The average Bonchev–Trinajstić information content (AvgIpc) is 2.76. The molecule has 2 aromatic rings. The zero-order valence-electron chi connectivity index (χ0n) is 17.9. The van der Waals surface area contributed by atoms with Crippen LogP contribution in [0.3, 0.4) is 0 Å². The number of rotatable bonds is 9. The second-order valence-corrected chi connectivity index (χ2v) is 7.45. The fourth-order valence-corrected chi connectivity index (χ4v) is 3.62. The number of Topliss-reactive ketones (excluding diaryl/α,β-unsaturated/α-hetero) is 1. The van der Waals surface area contributed by atoms with E-state index >= 15 is 0 Å². The zero-order chi connectivity index (χ0) is 23.4. The van der Waals surface area contributed by atoms with Gasteiger partial charge in [0.05, 0.1) is 5.56 Å². The highest BCUT2D eigenvalue weighted by Gasteiger charge is 2.33. The number of carbonyl (C=O) groups excluding carboxylic acids is 2. The van der Waals surface area contributed by atoms with Gasteiger partial charge in [0.2, 0.25) is 5.43 Å². The molecule has 1 aromatic carbocycles. The Morgan fingerprint density at radius 3 is 2.66 bits per heavy atom. The average molecular weight is 449 g/mol. The van der Waals surface area contributed by atoms with Crippen molar-refractivity contribution in [3.05, 3.63) is 63.1 Å². The molecule has 3 rings (SSSR count). The number of ether oxygens (including phenoxy) is 1. The SMILES string of the molecule is CCN1CN(CCCOC)C(=O)c2c(O)c(=O)c(C(=O)CCc3ccc(F)cc3F)cn21. The molecule has 0 bridgehead atoms. The van der Waals surface area contributed by atoms with E-state index in [4.69, 9.17) is 4.74 Å². The van der Waals surface area contributed by atoms with Crippen molar-refractivity contribution in [2.75, 3.05) is 38.5 Å². The van der Waals surface area contributed by atoms with Gasteiger partial charge in [0.15, 0.2) is 17.2 Å². The van der Waals surface area contributed by atoms with Crippen molar-refractivity contribution < 1.29 is 28.2 Å². The van der Waals surface area contributed by atoms with E-state index in [1.54, 1.807) is 12.1 Å². The molecule has 1 amide bonds. The number of amides is 1. The van der Waals surface area contributed by atoms with Crippen molar-refractivity contribution in [3.8, 4) is 5.75 Å². The van der Waals surface area contributed by atoms with Gasteiger partial charge in [-0.1, -0.05) is 6.07 Å². The third-order valence-corrected chi connectivity index (χ3v) is 5.37. The summed E-state index contributed by atoms with van der Waals surface area (Å²) in [5, 5.41) is 12.2. The van der Waals surface area contributed by atoms with Crippen molar-refractivity contribution >= 4 is 11.7 Å². The quantitative estimate of drug-likeness (QED) is 0.466. The number of aryl methyl sites for hydroxylation is 1. The van der Waals surface area contributed by atoms with Crippen LogP contribution in [0.5, 0.6) is 5.75 Å². The number of fused-ring (bicyclic) bond motifs is 1. The lowest BCUT2D eigenvalue weighted by Crippen LogP contribution is -2.54. The molecule has 1 N–H and O–H groups in total. The van der Waals surface area contributed by atoms with Crippen LogP contribution < -0.4 is 10.4 Å². The van der Waals surface area contributed by atoms with Crippen molar-refractivity contribution in [1.29, 1.82) is 0 Å². The summed E-state index contributed by atoms with van der Waals surface area (Å²) in [4.78, 5) is 39.8. The molecule has 2 heterocycles. The van der Waals surface area contributed by atoms with Crippen molar-refractivity contribution in [2.24, 2.45) is 0 Å². The van der Waals surface area contributed by atoms with Gasteiger partial charge < -0.3 is 14.7 Å². The van der Waals surface area contributed by atoms with Crippen molar-refractivity contribution in [3.63, 3.8) is 0 Å². The van der Waals surface area contributed by atoms with Crippen LogP contribution >= 0.6 is 0 Å². The highest BCUT2D eigenvalue weighted by atomic mass is 19.1. The third-order valence-electron chi connectivity index (χ3n) is 5.37. The molecule has 10 heteroatoms. The summed E-state index contributed by atoms with van der Waals surface area (Å²) in [6, 6.07) is 3.05. The molecule has 1 aromatic heterocycles. The molecule has 1 aliphatic heterocycles. The first-order valence-electron chi connectivity index (χ1n) is 10.3. The Bertz CT molecular complexity index is 1090. The first kappa shape index (κ1) is 23.4. The topological polar surface area (TPSA) is 92.1 Å². The number of aromatic hydroxyl groups is 1. The van der Waals surface area contributed by atoms with Crippen LogP contribution in [0.4, 0.5) is 8.78 Å². The highest BCUT2D eigenvalue weighted by Crippen LogP contribution is 2.22. The minimum Gasteiger partial charge on any atom is -0.502 e. The van der Waals surface area contributed by atoms with E-state index < -0.39 is 34.5 Å². The number of carbonyl (C=O) groups is 2. The Balaban J connectivity index is 1.88. The first-order valence-corrected chi connectivity index (χ1v) is 10.3. The van der Waals surface area contributed by atoms with Gasteiger partial charge in [-0.2, -0.15) is 0 Å². The molecule has 1 aliphatic rings. The van der Waals surface area contributed by atoms with Gasteiger partial charge in [0.1, 0.15) is 18.3 Å². The summed E-state index contributed by atoms with van der Waals surface area (Å²) >= 11 is 0. The number of halogens is 2. The van der Waals surface area contributed by atoms with Crippen LogP contribution in [0.1, 0.15) is 46.2 Å². The maximum atomic E-state index is 13.8. The summed E-state index contributed by atoms with van der Waals surface area (Å²) in [6.07, 6.45) is 1.56. The number of hydrogen-bond donors (Lipinski definition) is 1. The molecule has 0 spiro atoms.